The van der Waals surface area contributed by atoms with Gasteiger partial charge in [-0.25, -0.2) is 4.39 Å². The largest absolute Gasteiger partial charge is 0.380 e. The van der Waals surface area contributed by atoms with Gasteiger partial charge in [0.2, 0.25) is 0 Å². The van der Waals surface area contributed by atoms with Crippen molar-refractivity contribution in [3.8, 4) is 0 Å². The molecule has 0 bridgehead atoms. The summed E-state index contributed by atoms with van der Waals surface area (Å²) in [6.07, 6.45) is 38.1. The number of nitrogens with one attached hydrogen (secondary N) is 2. The summed E-state index contributed by atoms with van der Waals surface area (Å²) in [7, 11) is 0. The van der Waals surface area contributed by atoms with Crippen molar-refractivity contribution in [2.45, 2.75) is 173 Å². The molecule has 0 saturated heterocycles. The maximum Gasteiger partial charge on any atom is 0.148 e. The quantitative estimate of drug-likeness (QED) is 0.366. The van der Waals surface area contributed by atoms with Crippen molar-refractivity contribution in [2.24, 2.45) is 11.8 Å². The third-order valence-electron chi connectivity index (χ3n) is 10.3. The first-order chi connectivity index (χ1) is 20.2. The molecule has 1 heterocycles. The predicted octanol–water partition coefficient (Wildman–Crippen LogP) is 13.1. The van der Waals surface area contributed by atoms with Crippen molar-refractivity contribution in [2.75, 3.05) is 5.32 Å². The third-order valence-corrected chi connectivity index (χ3v) is 10.6. The number of hydrogen-bond acceptors (Lipinski definition) is 1. The molecule has 1 aromatic carbocycles. The third kappa shape index (κ3) is 12.1. The zero-order chi connectivity index (χ0) is 28.5. The van der Waals surface area contributed by atoms with E-state index in [0.29, 0.717) is 16.8 Å². The van der Waals surface area contributed by atoms with Crippen LogP contribution in [-0.4, -0.2) is 11.0 Å². The van der Waals surface area contributed by atoms with Gasteiger partial charge in [-0.2, -0.15) is 0 Å². The molecule has 0 amide bonds. The lowest BCUT2D eigenvalue weighted by Gasteiger charge is -2.25. The molecule has 232 valence electrons. The van der Waals surface area contributed by atoms with Gasteiger partial charge in [-0.05, 0) is 37.2 Å². The molecule has 2 atom stereocenters. The predicted molar refractivity (Wildman–Crippen MR) is 178 cm³/mol. The summed E-state index contributed by atoms with van der Waals surface area (Å²) in [5.41, 5.74) is 1.37. The van der Waals surface area contributed by atoms with E-state index in [1.807, 2.05) is 6.07 Å². The van der Waals surface area contributed by atoms with E-state index in [4.69, 9.17) is 11.6 Å². The second-order valence-electron chi connectivity index (χ2n) is 13.8. The normalized spacial score (nSPS) is 24.8. The van der Waals surface area contributed by atoms with E-state index in [2.05, 4.69) is 10.3 Å². The molecule has 4 heteroatoms. The van der Waals surface area contributed by atoms with Crippen LogP contribution in [0, 0.1) is 17.7 Å². The van der Waals surface area contributed by atoms with Gasteiger partial charge in [-0.15, -0.1) is 0 Å². The van der Waals surface area contributed by atoms with Gasteiger partial charge in [-0.3, -0.25) is 0 Å². The van der Waals surface area contributed by atoms with E-state index in [-0.39, 0.29) is 5.82 Å². The van der Waals surface area contributed by atoms with Gasteiger partial charge >= 0.3 is 0 Å². The highest BCUT2D eigenvalue weighted by Gasteiger charge is 2.19. The van der Waals surface area contributed by atoms with Gasteiger partial charge in [-0.1, -0.05) is 159 Å². The molecule has 2 unspecified atom stereocenters. The van der Waals surface area contributed by atoms with Gasteiger partial charge in [0.15, 0.2) is 0 Å². The van der Waals surface area contributed by atoms with Crippen LogP contribution in [0.3, 0.4) is 0 Å². The number of aromatic amines is 1. The molecular formula is C37H60ClFN2. The SMILES string of the molecule is Fc1cc2[nH]cc(Cl)c2cc1NC1CCCCCCCC(CC2CCCCCCCCCCCCCC2)CCCC1. The zero-order valence-electron chi connectivity index (χ0n) is 26.1. The lowest BCUT2D eigenvalue weighted by atomic mass is 9.82. The second kappa shape index (κ2) is 19.1. The number of anilines is 1. The molecule has 2 saturated carbocycles. The summed E-state index contributed by atoms with van der Waals surface area (Å²) in [5.74, 6) is 1.68. The maximum absolute atomic E-state index is 14.9. The molecule has 2 aromatic rings. The van der Waals surface area contributed by atoms with Crippen molar-refractivity contribution in [3.05, 3.63) is 29.2 Å². The Morgan fingerprint density at radius 2 is 1.02 bits per heavy atom. The summed E-state index contributed by atoms with van der Waals surface area (Å²) >= 11 is 6.34. The molecule has 1 aromatic heterocycles. The zero-order valence-corrected chi connectivity index (χ0v) is 26.9. The van der Waals surface area contributed by atoms with E-state index in [1.54, 1.807) is 12.3 Å². The van der Waals surface area contributed by atoms with Crippen molar-refractivity contribution < 1.29 is 4.39 Å². The van der Waals surface area contributed by atoms with Crippen molar-refractivity contribution in [1.29, 1.82) is 0 Å². The number of H-pyrrole nitrogens is 1. The van der Waals surface area contributed by atoms with E-state index >= 15 is 0 Å². The van der Waals surface area contributed by atoms with Crippen LogP contribution in [0.15, 0.2) is 18.3 Å². The van der Waals surface area contributed by atoms with Crippen molar-refractivity contribution in [1.82, 2.24) is 4.98 Å². The number of rotatable bonds is 4. The van der Waals surface area contributed by atoms with Gasteiger partial charge in [0, 0.05) is 29.2 Å². The monoisotopic (exact) mass is 586 g/mol. The van der Waals surface area contributed by atoms with Crippen molar-refractivity contribution in [3.63, 3.8) is 0 Å². The van der Waals surface area contributed by atoms with Gasteiger partial charge in [0.25, 0.3) is 0 Å². The molecule has 41 heavy (non-hydrogen) atoms. The Hall–Kier alpha value is -1.22. The van der Waals surface area contributed by atoms with Crippen LogP contribution >= 0.6 is 11.6 Å². The average Bonchev–Trinajstić information content (AvgIpc) is 3.32. The Bertz CT molecular complexity index is 955. The minimum Gasteiger partial charge on any atom is -0.380 e. The van der Waals surface area contributed by atoms with Gasteiger partial charge in [0.05, 0.1) is 10.7 Å². The summed E-state index contributed by atoms with van der Waals surface area (Å²) in [6.45, 7) is 0. The smallest absolute Gasteiger partial charge is 0.148 e. The summed E-state index contributed by atoms with van der Waals surface area (Å²) in [6, 6.07) is 3.82. The lowest BCUT2D eigenvalue weighted by molar-refractivity contribution is 0.282. The highest BCUT2D eigenvalue weighted by molar-refractivity contribution is 6.35. The minimum atomic E-state index is -0.183. The first kappa shape index (κ1) is 32.7. The van der Waals surface area contributed by atoms with E-state index in [0.717, 1.165) is 35.6 Å². The molecule has 2 aliphatic carbocycles. The Balaban J connectivity index is 1.29. The second-order valence-corrected chi connectivity index (χ2v) is 14.2. The maximum atomic E-state index is 14.9. The Labute approximate surface area is 256 Å². The molecule has 2 nitrogen and oxygen atoms in total. The number of aromatic nitrogens is 1. The topological polar surface area (TPSA) is 27.8 Å². The molecule has 0 aliphatic heterocycles. The Morgan fingerprint density at radius 1 is 0.610 bits per heavy atom. The lowest BCUT2D eigenvalue weighted by Crippen LogP contribution is -2.20. The van der Waals surface area contributed by atoms with Crippen molar-refractivity contribution >= 4 is 28.2 Å². The number of fused-ring (bicyclic) bond motifs is 1. The average molecular weight is 587 g/mol. The summed E-state index contributed by atoms with van der Waals surface area (Å²) in [4.78, 5) is 3.07. The first-order valence-corrected chi connectivity index (χ1v) is 18.3. The van der Waals surface area contributed by atoms with E-state index in [9.17, 15) is 4.39 Å². The standard InChI is InChI=1S/C37H60ClFN2/c38-34-29-40-36-28-35(39)37(27-33(34)36)41-32-24-17-13-9-12-16-22-31(23-18-19-25-32)26-30-20-14-10-7-5-3-1-2-4-6-8-11-15-21-30/h27-32,40-41H,1-26H2. The fourth-order valence-electron chi connectivity index (χ4n) is 7.77. The summed E-state index contributed by atoms with van der Waals surface area (Å²) < 4.78 is 14.9. The highest BCUT2D eigenvalue weighted by atomic mass is 35.5. The highest BCUT2D eigenvalue weighted by Crippen LogP contribution is 2.33. The van der Waals surface area contributed by atoms with Crippen LogP contribution in [0.4, 0.5) is 10.1 Å². The van der Waals surface area contributed by atoms with Crippen LogP contribution in [-0.2, 0) is 0 Å². The molecule has 0 radical (unpaired) electrons. The van der Waals surface area contributed by atoms with Gasteiger partial charge < -0.3 is 10.3 Å². The number of benzene rings is 1. The number of halogens is 2. The fourth-order valence-corrected chi connectivity index (χ4v) is 7.98. The van der Waals surface area contributed by atoms with Crippen LogP contribution in [0.2, 0.25) is 5.02 Å². The van der Waals surface area contributed by atoms with Gasteiger partial charge in [0.1, 0.15) is 5.82 Å². The molecule has 2 aliphatic rings. The molecule has 0 spiro atoms. The van der Waals surface area contributed by atoms with Crippen LogP contribution < -0.4 is 5.32 Å². The number of hydrogen-bond donors (Lipinski definition) is 2. The minimum absolute atomic E-state index is 0.183. The molecule has 4 rings (SSSR count). The van der Waals surface area contributed by atoms with E-state index < -0.39 is 0 Å². The first-order valence-electron chi connectivity index (χ1n) is 17.9. The fraction of sp³-hybridized carbons (Fsp3) is 0.784. The summed E-state index contributed by atoms with van der Waals surface area (Å²) in [5, 5.41) is 5.16. The molecular weight excluding hydrogens is 527 g/mol. The van der Waals surface area contributed by atoms with Crippen LogP contribution in [0.1, 0.15) is 167 Å². The molecule has 2 fully saturated rings. The Morgan fingerprint density at radius 3 is 1.54 bits per heavy atom. The molecule has 2 N–H and O–H groups in total. The van der Waals surface area contributed by atoms with E-state index in [1.165, 1.54) is 154 Å². The van der Waals surface area contributed by atoms with Crippen LogP contribution in [0.5, 0.6) is 0 Å². The van der Waals surface area contributed by atoms with Crippen LogP contribution in [0.25, 0.3) is 10.9 Å². The Kier molecular flexibility index (Phi) is 15.3.